The van der Waals surface area contributed by atoms with Crippen molar-refractivity contribution in [2.45, 2.75) is 33.1 Å². The van der Waals surface area contributed by atoms with E-state index in [9.17, 15) is 4.79 Å². The van der Waals surface area contributed by atoms with Gasteiger partial charge in [-0.1, -0.05) is 13.8 Å². The summed E-state index contributed by atoms with van der Waals surface area (Å²) in [7, 11) is 0. The zero-order chi connectivity index (χ0) is 11.1. The fourth-order valence-corrected chi connectivity index (χ4v) is 1.78. The lowest BCUT2D eigenvalue weighted by Crippen LogP contribution is -2.25. The topological polar surface area (TPSA) is 42.0 Å². The second kappa shape index (κ2) is 6.56. The van der Waals surface area contributed by atoms with E-state index in [4.69, 9.17) is 0 Å². The van der Waals surface area contributed by atoms with Gasteiger partial charge in [0.15, 0.2) is 0 Å². The fourth-order valence-electron chi connectivity index (χ4n) is 1.19. The van der Waals surface area contributed by atoms with E-state index < -0.39 is 0 Å². The Bertz CT molecular complexity index is 283. The molecule has 0 unspecified atom stereocenters. The van der Waals surface area contributed by atoms with Crippen LogP contribution in [0.5, 0.6) is 0 Å². The van der Waals surface area contributed by atoms with Gasteiger partial charge in [-0.15, -0.1) is 11.3 Å². The summed E-state index contributed by atoms with van der Waals surface area (Å²) >= 11 is 1.57. The Morgan fingerprint density at radius 3 is 3.00 bits per heavy atom. The standard InChI is InChI=1S/C11H18N2OS/c1-9(2)5-6-12-11(14)4-3-10-7-15-8-13-10/h7-9H,3-6H2,1-2H3,(H,12,14). The molecule has 1 aromatic heterocycles. The third kappa shape index (κ3) is 5.52. The molecule has 0 aliphatic rings. The van der Waals surface area contributed by atoms with Crippen molar-refractivity contribution in [3.05, 3.63) is 16.6 Å². The van der Waals surface area contributed by atoms with Gasteiger partial charge >= 0.3 is 0 Å². The first-order valence-corrected chi connectivity index (χ1v) is 6.26. The molecule has 1 rings (SSSR count). The van der Waals surface area contributed by atoms with Gasteiger partial charge in [-0.2, -0.15) is 0 Å². The average Bonchev–Trinajstić information content (AvgIpc) is 2.66. The van der Waals surface area contributed by atoms with Crippen LogP contribution in [0.2, 0.25) is 0 Å². The van der Waals surface area contributed by atoms with Gasteiger partial charge in [0, 0.05) is 18.3 Å². The van der Waals surface area contributed by atoms with Gasteiger partial charge in [-0.25, -0.2) is 4.98 Å². The lowest BCUT2D eigenvalue weighted by molar-refractivity contribution is -0.121. The summed E-state index contributed by atoms with van der Waals surface area (Å²) in [5.74, 6) is 0.771. The summed E-state index contributed by atoms with van der Waals surface area (Å²) in [6.07, 6.45) is 2.33. The maximum atomic E-state index is 11.4. The molecule has 0 radical (unpaired) electrons. The number of nitrogens with one attached hydrogen (secondary N) is 1. The maximum absolute atomic E-state index is 11.4. The number of thiazole rings is 1. The molecular weight excluding hydrogens is 208 g/mol. The van der Waals surface area contributed by atoms with Crippen LogP contribution in [0.25, 0.3) is 0 Å². The highest BCUT2D eigenvalue weighted by Crippen LogP contribution is 2.03. The van der Waals surface area contributed by atoms with E-state index in [0.717, 1.165) is 25.1 Å². The van der Waals surface area contributed by atoms with Crippen LogP contribution in [0.4, 0.5) is 0 Å². The van der Waals surface area contributed by atoms with E-state index in [1.807, 2.05) is 5.38 Å². The summed E-state index contributed by atoms with van der Waals surface area (Å²) in [5, 5.41) is 4.90. The quantitative estimate of drug-likeness (QED) is 0.808. The Morgan fingerprint density at radius 2 is 2.40 bits per heavy atom. The van der Waals surface area contributed by atoms with Gasteiger partial charge in [0.1, 0.15) is 0 Å². The minimum absolute atomic E-state index is 0.128. The van der Waals surface area contributed by atoms with E-state index in [2.05, 4.69) is 24.1 Å². The predicted molar refractivity (Wildman–Crippen MR) is 62.9 cm³/mol. The second-order valence-corrected chi connectivity index (χ2v) is 4.73. The Hall–Kier alpha value is -0.900. The summed E-state index contributed by atoms with van der Waals surface area (Å²) < 4.78 is 0. The number of aromatic nitrogens is 1. The molecule has 0 aromatic carbocycles. The van der Waals surface area contributed by atoms with Gasteiger partial charge < -0.3 is 5.32 Å². The van der Waals surface area contributed by atoms with Crippen LogP contribution in [-0.2, 0) is 11.2 Å². The molecule has 84 valence electrons. The zero-order valence-corrected chi connectivity index (χ0v) is 10.1. The van der Waals surface area contributed by atoms with Gasteiger partial charge in [0.2, 0.25) is 5.91 Å². The van der Waals surface area contributed by atoms with Gasteiger partial charge in [0.05, 0.1) is 11.2 Å². The number of rotatable bonds is 6. The van der Waals surface area contributed by atoms with Crippen molar-refractivity contribution in [2.24, 2.45) is 5.92 Å². The third-order valence-electron chi connectivity index (χ3n) is 2.14. The van der Waals surface area contributed by atoms with Crippen molar-refractivity contribution in [3.8, 4) is 0 Å². The first kappa shape index (κ1) is 12.2. The molecule has 0 aliphatic heterocycles. The molecule has 15 heavy (non-hydrogen) atoms. The minimum atomic E-state index is 0.128. The van der Waals surface area contributed by atoms with Crippen molar-refractivity contribution in [3.63, 3.8) is 0 Å². The monoisotopic (exact) mass is 226 g/mol. The zero-order valence-electron chi connectivity index (χ0n) is 9.32. The lowest BCUT2D eigenvalue weighted by atomic mass is 10.1. The van der Waals surface area contributed by atoms with Gasteiger partial charge in [-0.3, -0.25) is 4.79 Å². The van der Waals surface area contributed by atoms with Gasteiger partial charge in [-0.05, 0) is 18.8 Å². The first-order chi connectivity index (χ1) is 7.18. The Balaban J connectivity index is 2.09. The molecule has 1 aromatic rings. The van der Waals surface area contributed by atoms with Crippen LogP contribution in [0, 0.1) is 5.92 Å². The van der Waals surface area contributed by atoms with E-state index in [0.29, 0.717) is 12.3 Å². The summed E-state index contributed by atoms with van der Waals surface area (Å²) in [4.78, 5) is 15.5. The van der Waals surface area contributed by atoms with E-state index in [1.165, 1.54) is 0 Å². The number of aryl methyl sites for hydroxylation is 1. The number of carbonyl (C=O) groups is 1. The van der Waals surface area contributed by atoms with Crippen LogP contribution < -0.4 is 5.32 Å². The number of carbonyl (C=O) groups excluding carboxylic acids is 1. The van der Waals surface area contributed by atoms with Crippen molar-refractivity contribution < 1.29 is 4.79 Å². The molecule has 0 saturated heterocycles. The van der Waals surface area contributed by atoms with Gasteiger partial charge in [0.25, 0.3) is 0 Å². The first-order valence-electron chi connectivity index (χ1n) is 5.32. The predicted octanol–water partition coefficient (Wildman–Crippen LogP) is 2.24. The van der Waals surface area contributed by atoms with Crippen LogP contribution in [0.1, 0.15) is 32.4 Å². The van der Waals surface area contributed by atoms with Crippen LogP contribution in [0.3, 0.4) is 0 Å². The summed E-state index contributed by atoms with van der Waals surface area (Å²) in [5.41, 5.74) is 2.81. The average molecular weight is 226 g/mol. The van der Waals surface area contributed by atoms with E-state index >= 15 is 0 Å². The minimum Gasteiger partial charge on any atom is -0.356 e. The molecule has 0 saturated carbocycles. The van der Waals surface area contributed by atoms with Crippen molar-refractivity contribution in [2.75, 3.05) is 6.54 Å². The SMILES string of the molecule is CC(C)CCNC(=O)CCc1cscn1. The maximum Gasteiger partial charge on any atom is 0.220 e. The molecule has 3 nitrogen and oxygen atoms in total. The number of hydrogen-bond acceptors (Lipinski definition) is 3. The molecule has 4 heteroatoms. The lowest BCUT2D eigenvalue weighted by Gasteiger charge is -2.06. The number of amides is 1. The highest BCUT2D eigenvalue weighted by molar-refractivity contribution is 7.07. The van der Waals surface area contributed by atoms with Crippen LogP contribution in [-0.4, -0.2) is 17.4 Å². The molecule has 1 amide bonds. The summed E-state index contributed by atoms with van der Waals surface area (Å²) in [6, 6.07) is 0. The van der Waals surface area contributed by atoms with Crippen LogP contribution >= 0.6 is 11.3 Å². The fraction of sp³-hybridized carbons (Fsp3) is 0.636. The molecule has 0 fully saturated rings. The molecule has 0 atom stereocenters. The van der Waals surface area contributed by atoms with Crippen molar-refractivity contribution in [1.29, 1.82) is 0 Å². The number of nitrogens with zero attached hydrogens (tertiary/aromatic N) is 1. The normalized spacial score (nSPS) is 10.6. The highest BCUT2D eigenvalue weighted by Gasteiger charge is 2.03. The third-order valence-corrected chi connectivity index (χ3v) is 2.77. The molecule has 0 bridgehead atoms. The smallest absolute Gasteiger partial charge is 0.220 e. The Labute approximate surface area is 94.9 Å². The Morgan fingerprint density at radius 1 is 1.60 bits per heavy atom. The van der Waals surface area contributed by atoms with E-state index in [1.54, 1.807) is 16.8 Å². The molecule has 1 heterocycles. The summed E-state index contributed by atoms with van der Waals surface area (Å²) in [6.45, 7) is 5.09. The largest absolute Gasteiger partial charge is 0.356 e. The molecular formula is C11H18N2OS. The van der Waals surface area contributed by atoms with Crippen molar-refractivity contribution in [1.82, 2.24) is 10.3 Å². The van der Waals surface area contributed by atoms with Crippen molar-refractivity contribution >= 4 is 17.2 Å². The van der Waals surface area contributed by atoms with E-state index in [-0.39, 0.29) is 5.91 Å². The number of hydrogen-bond donors (Lipinski definition) is 1. The highest BCUT2D eigenvalue weighted by atomic mass is 32.1. The molecule has 0 spiro atoms. The molecule has 0 aliphatic carbocycles. The second-order valence-electron chi connectivity index (χ2n) is 4.01. The van der Waals surface area contributed by atoms with Crippen LogP contribution in [0.15, 0.2) is 10.9 Å². The Kier molecular flexibility index (Phi) is 5.32. The molecule has 1 N–H and O–H groups in total.